The van der Waals surface area contributed by atoms with E-state index in [0.29, 0.717) is 25.6 Å². The highest BCUT2D eigenvalue weighted by atomic mass is 16.5. The molecule has 0 radical (unpaired) electrons. The lowest BCUT2D eigenvalue weighted by atomic mass is 9.99. The van der Waals surface area contributed by atoms with E-state index in [1.165, 1.54) is 0 Å². The lowest BCUT2D eigenvalue weighted by Crippen LogP contribution is -2.55. The largest absolute Gasteiger partial charge is 0.479 e. The Balaban J connectivity index is 2.31. The summed E-state index contributed by atoms with van der Waals surface area (Å²) in [5, 5.41) is 11.8. The fourth-order valence-electron chi connectivity index (χ4n) is 2.30. The molecule has 6 heteroatoms. The second kappa shape index (κ2) is 7.59. The standard InChI is InChI=1S/C14H25NO5/c1-10(2)8-11(3)20-6-4-12(16)15-14(13(17)18)5-7-19-9-14/h10-11H,4-9H2,1-3H3,(H,15,16)(H,17,18). The molecule has 0 aromatic heterocycles. The molecule has 2 atom stereocenters. The first-order chi connectivity index (χ1) is 9.35. The van der Waals surface area contributed by atoms with Crippen molar-refractivity contribution < 1.29 is 24.2 Å². The van der Waals surface area contributed by atoms with E-state index in [9.17, 15) is 14.7 Å². The first kappa shape index (κ1) is 16.9. The molecule has 1 saturated heterocycles. The number of hydrogen-bond donors (Lipinski definition) is 2. The van der Waals surface area contributed by atoms with E-state index in [4.69, 9.17) is 9.47 Å². The summed E-state index contributed by atoms with van der Waals surface area (Å²) in [7, 11) is 0. The van der Waals surface area contributed by atoms with E-state index < -0.39 is 11.5 Å². The molecular weight excluding hydrogens is 262 g/mol. The molecule has 6 nitrogen and oxygen atoms in total. The van der Waals surface area contributed by atoms with Crippen molar-refractivity contribution >= 4 is 11.9 Å². The summed E-state index contributed by atoms with van der Waals surface area (Å²) in [6, 6.07) is 0. The lowest BCUT2D eigenvalue weighted by molar-refractivity contribution is -0.147. The van der Waals surface area contributed by atoms with Gasteiger partial charge in [-0.1, -0.05) is 13.8 Å². The molecule has 2 N–H and O–H groups in total. The molecule has 0 aliphatic carbocycles. The van der Waals surface area contributed by atoms with Crippen molar-refractivity contribution in [3.05, 3.63) is 0 Å². The van der Waals surface area contributed by atoms with Crippen LogP contribution in [0.4, 0.5) is 0 Å². The van der Waals surface area contributed by atoms with Gasteiger partial charge in [0.15, 0.2) is 5.54 Å². The van der Waals surface area contributed by atoms with Gasteiger partial charge in [-0.2, -0.15) is 0 Å². The molecule has 1 aliphatic rings. The molecule has 20 heavy (non-hydrogen) atoms. The summed E-state index contributed by atoms with van der Waals surface area (Å²) in [6.07, 6.45) is 1.51. The van der Waals surface area contributed by atoms with Gasteiger partial charge in [0.25, 0.3) is 0 Å². The van der Waals surface area contributed by atoms with Gasteiger partial charge in [0.2, 0.25) is 5.91 Å². The first-order valence-electron chi connectivity index (χ1n) is 7.09. The highest BCUT2D eigenvalue weighted by molar-refractivity contribution is 5.87. The summed E-state index contributed by atoms with van der Waals surface area (Å²) in [4.78, 5) is 23.0. The Hall–Kier alpha value is -1.14. The van der Waals surface area contributed by atoms with Crippen LogP contribution in [0.3, 0.4) is 0 Å². The Labute approximate surface area is 119 Å². The van der Waals surface area contributed by atoms with Crippen LogP contribution in [0.1, 0.15) is 40.0 Å². The number of hydrogen-bond acceptors (Lipinski definition) is 4. The van der Waals surface area contributed by atoms with Crippen LogP contribution in [0, 0.1) is 5.92 Å². The SMILES string of the molecule is CC(C)CC(C)OCCC(=O)NC1(C(=O)O)CCOC1. The molecule has 0 spiro atoms. The van der Waals surface area contributed by atoms with E-state index in [2.05, 4.69) is 19.2 Å². The number of carbonyl (C=O) groups excluding carboxylic acids is 1. The summed E-state index contributed by atoms with van der Waals surface area (Å²) < 4.78 is 10.6. The van der Waals surface area contributed by atoms with Gasteiger partial charge in [-0.25, -0.2) is 4.79 Å². The lowest BCUT2D eigenvalue weighted by Gasteiger charge is -2.24. The third-order valence-corrected chi connectivity index (χ3v) is 3.34. The van der Waals surface area contributed by atoms with Crippen LogP contribution >= 0.6 is 0 Å². The van der Waals surface area contributed by atoms with Crippen molar-refractivity contribution in [3.8, 4) is 0 Å². The van der Waals surface area contributed by atoms with Gasteiger partial charge in [-0.05, 0) is 19.3 Å². The van der Waals surface area contributed by atoms with Gasteiger partial charge in [0, 0.05) is 13.0 Å². The maximum absolute atomic E-state index is 11.8. The number of carboxylic acid groups (broad SMARTS) is 1. The molecule has 1 heterocycles. The fourth-order valence-corrected chi connectivity index (χ4v) is 2.30. The molecule has 1 fully saturated rings. The smallest absolute Gasteiger partial charge is 0.331 e. The zero-order valence-corrected chi connectivity index (χ0v) is 12.5. The number of carboxylic acids is 1. The van der Waals surface area contributed by atoms with Gasteiger partial charge in [0.05, 0.1) is 25.7 Å². The van der Waals surface area contributed by atoms with Crippen molar-refractivity contribution in [1.29, 1.82) is 0 Å². The molecule has 0 aromatic carbocycles. The number of amides is 1. The van der Waals surface area contributed by atoms with E-state index in [-0.39, 0.29) is 25.0 Å². The van der Waals surface area contributed by atoms with Crippen molar-refractivity contribution in [2.24, 2.45) is 5.92 Å². The van der Waals surface area contributed by atoms with E-state index >= 15 is 0 Å². The molecular formula is C14H25NO5. The minimum Gasteiger partial charge on any atom is -0.479 e. The highest BCUT2D eigenvalue weighted by Gasteiger charge is 2.43. The fraction of sp³-hybridized carbons (Fsp3) is 0.857. The molecule has 1 rings (SSSR count). The van der Waals surface area contributed by atoms with Gasteiger partial charge >= 0.3 is 5.97 Å². The Kier molecular flexibility index (Phi) is 6.42. The normalized spacial score (nSPS) is 23.8. The van der Waals surface area contributed by atoms with Crippen LogP contribution in [0.2, 0.25) is 0 Å². The monoisotopic (exact) mass is 287 g/mol. The minimum absolute atomic E-state index is 0.0265. The van der Waals surface area contributed by atoms with Gasteiger partial charge in [0.1, 0.15) is 0 Å². The van der Waals surface area contributed by atoms with Crippen LogP contribution in [-0.2, 0) is 19.1 Å². The topological polar surface area (TPSA) is 84.9 Å². The number of carbonyl (C=O) groups is 2. The third kappa shape index (κ3) is 5.09. The molecule has 0 aromatic rings. The quantitative estimate of drug-likeness (QED) is 0.700. The third-order valence-electron chi connectivity index (χ3n) is 3.34. The van der Waals surface area contributed by atoms with Crippen molar-refractivity contribution in [2.75, 3.05) is 19.8 Å². The molecule has 2 unspecified atom stereocenters. The number of rotatable bonds is 8. The zero-order chi connectivity index (χ0) is 15.2. The second-order valence-corrected chi connectivity index (χ2v) is 5.80. The molecule has 0 bridgehead atoms. The summed E-state index contributed by atoms with van der Waals surface area (Å²) in [6.45, 7) is 6.89. The Bertz CT molecular complexity index is 336. The van der Waals surface area contributed by atoms with Gasteiger partial charge in [-0.15, -0.1) is 0 Å². The number of nitrogens with one attached hydrogen (secondary N) is 1. The second-order valence-electron chi connectivity index (χ2n) is 5.80. The molecule has 1 amide bonds. The van der Waals surface area contributed by atoms with Crippen molar-refractivity contribution in [1.82, 2.24) is 5.32 Å². The van der Waals surface area contributed by atoms with E-state index in [1.54, 1.807) is 0 Å². The van der Waals surface area contributed by atoms with Crippen LogP contribution in [0.25, 0.3) is 0 Å². The van der Waals surface area contributed by atoms with Gasteiger partial charge < -0.3 is 19.9 Å². The Morgan fingerprint density at radius 3 is 2.60 bits per heavy atom. The minimum atomic E-state index is -1.26. The molecule has 116 valence electrons. The highest BCUT2D eigenvalue weighted by Crippen LogP contribution is 2.19. The van der Waals surface area contributed by atoms with Crippen LogP contribution in [0.5, 0.6) is 0 Å². The van der Waals surface area contributed by atoms with Crippen LogP contribution < -0.4 is 5.32 Å². The number of aliphatic carboxylic acids is 1. The summed E-state index contributed by atoms with van der Waals surface area (Å²) in [5.74, 6) is -0.808. The maximum atomic E-state index is 11.8. The molecule has 1 aliphatic heterocycles. The Morgan fingerprint density at radius 2 is 2.10 bits per heavy atom. The first-order valence-corrected chi connectivity index (χ1v) is 7.09. The summed E-state index contributed by atoms with van der Waals surface area (Å²) in [5.41, 5.74) is -1.26. The zero-order valence-electron chi connectivity index (χ0n) is 12.5. The van der Waals surface area contributed by atoms with Crippen molar-refractivity contribution in [3.63, 3.8) is 0 Å². The van der Waals surface area contributed by atoms with Gasteiger partial charge in [-0.3, -0.25) is 4.79 Å². The van der Waals surface area contributed by atoms with E-state index in [0.717, 1.165) is 6.42 Å². The predicted octanol–water partition coefficient (Wildman–Crippen LogP) is 1.19. The molecule has 0 saturated carbocycles. The Morgan fingerprint density at radius 1 is 1.40 bits per heavy atom. The van der Waals surface area contributed by atoms with Crippen LogP contribution in [0.15, 0.2) is 0 Å². The number of ether oxygens (including phenoxy) is 2. The summed E-state index contributed by atoms with van der Waals surface area (Å²) >= 11 is 0. The maximum Gasteiger partial charge on any atom is 0.331 e. The van der Waals surface area contributed by atoms with Crippen LogP contribution in [-0.4, -0.2) is 48.4 Å². The van der Waals surface area contributed by atoms with Crippen molar-refractivity contribution in [2.45, 2.75) is 51.7 Å². The predicted molar refractivity (Wildman–Crippen MR) is 73.4 cm³/mol. The van der Waals surface area contributed by atoms with E-state index in [1.807, 2.05) is 6.92 Å². The average molecular weight is 287 g/mol. The average Bonchev–Trinajstić information content (AvgIpc) is 2.77.